The van der Waals surface area contributed by atoms with Crippen LogP contribution in [-0.4, -0.2) is 25.9 Å². The number of alkyl halides is 3. The molecule has 8 heteroatoms. The van der Waals surface area contributed by atoms with Crippen LogP contribution in [-0.2, 0) is 12.0 Å². The fraction of sp³-hybridized carbons (Fsp3) is 0.222. The molecule has 176 valence electrons. The van der Waals surface area contributed by atoms with Crippen molar-refractivity contribution in [2.24, 2.45) is 0 Å². The highest BCUT2D eigenvalue weighted by Gasteiger charge is 2.31. The molecule has 0 unspecified atom stereocenters. The molecule has 2 aromatic carbocycles. The molecule has 4 aromatic rings. The minimum atomic E-state index is -4.76. The largest absolute Gasteiger partial charge is 0.573 e. The summed E-state index contributed by atoms with van der Waals surface area (Å²) in [6.45, 7) is 6.39. The number of benzene rings is 2. The molecule has 5 nitrogen and oxygen atoms in total. The number of hydrogen-bond donors (Lipinski definition) is 0. The summed E-state index contributed by atoms with van der Waals surface area (Å²) < 4.78 is 43.6. The molecular weight excluding hydrogens is 453 g/mol. The van der Waals surface area contributed by atoms with Crippen LogP contribution in [0.5, 0.6) is 5.75 Å². The van der Waals surface area contributed by atoms with E-state index in [9.17, 15) is 13.2 Å². The van der Waals surface area contributed by atoms with E-state index < -0.39 is 6.36 Å². The van der Waals surface area contributed by atoms with Crippen molar-refractivity contribution in [3.63, 3.8) is 0 Å². The Morgan fingerprint density at radius 2 is 1.83 bits per heavy atom. The van der Waals surface area contributed by atoms with Gasteiger partial charge in [-0.25, -0.2) is 9.97 Å². The lowest BCUT2D eigenvalue weighted by Gasteiger charge is -2.21. The first kappa shape index (κ1) is 22.7. The van der Waals surface area contributed by atoms with Gasteiger partial charge in [0.2, 0.25) is 0 Å². The van der Waals surface area contributed by atoms with Crippen molar-refractivity contribution in [2.45, 2.75) is 39.1 Å². The smallest absolute Gasteiger partial charge is 0.406 e. The second-order valence-corrected chi connectivity index (χ2v) is 9.19. The standard InChI is InChI=1S/C27H21F3N4O/c1-26(2,3)34-16-32-22-11-8-18(14-24(22)34)21-10-12-23-25(21)33-19(15-31-23)9-7-17-5-4-6-20(13-17)35-27(28,29)30/h4-6,8,10-11,13-16H,12H2,1-3H3. The summed E-state index contributed by atoms with van der Waals surface area (Å²) in [4.78, 5) is 13.7. The molecule has 2 heterocycles. The quantitative estimate of drug-likeness (QED) is 0.341. The number of rotatable bonds is 2. The van der Waals surface area contributed by atoms with E-state index in [2.05, 4.69) is 64.0 Å². The van der Waals surface area contributed by atoms with Gasteiger partial charge in [-0.1, -0.05) is 24.1 Å². The maximum absolute atomic E-state index is 12.5. The molecule has 0 atom stereocenters. The van der Waals surface area contributed by atoms with Gasteiger partial charge in [0.15, 0.2) is 0 Å². The molecule has 0 bridgehead atoms. The molecule has 0 spiro atoms. The first-order chi connectivity index (χ1) is 16.6. The number of fused-ring (bicyclic) bond motifs is 2. The van der Waals surface area contributed by atoms with Crippen molar-refractivity contribution >= 4 is 16.6 Å². The van der Waals surface area contributed by atoms with Crippen LogP contribution in [0, 0.1) is 11.8 Å². The van der Waals surface area contributed by atoms with Crippen LogP contribution < -0.4 is 4.74 Å². The van der Waals surface area contributed by atoms with Crippen LogP contribution in [0.3, 0.4) is 0 Å². The maximum Gasteiger partial charge on any atom is 0.573 e. The van der Waals surface area contributed by atoms with E-state index in [4.69, 9.17) is 4.98 Å². The molecule has 0 aliphatic heterocycles. The third-order valence-corrected chi connectivity index (χ3v) is 5.59. The van der Waals surface area contributed by atoms with E-state index >= 15 is 0 Å². The van der Waals surface area contributed by atoms with Gasteiger partial charge in [0.25, 0.3) is 0 Å². The van der Waals surface area contributed by atoms with Crippen LogP contribution in [0.15, 0.2) is 61.1 Å². The van der Waals surface area contributed by atoms with Crippen LogP contribution >= 0.6 is 0 Å². The molecule has 5 rings (SSSR count). The highest BCUT2D eigenvalue weighted by molar-refractivity contribution is 5.87. The summed E-state index contributed by atoms with van der Waals surface area (Å²) in [6, 6.07) is 11.7. The van der Waals surface area contributed by atoms with Gasteiger partial charge in [0.1, 0.15) is 11.4 Å². The summed E-state index contributed by atoms with van der Waals surface area (Å²) in [5.74, 6) is 5.43. The van der Waals surface area contributed by atoms with Crippen LogP contribution in [0.2, 0.25) is 0 Å². The third kappa shape index (κ3) is 4.76. The SMILES string of the molecule is CC(C)(C)n1cnc2ccc(C3=CCc4ncc(C#Cc5cccc(OC(F)(F)F)c5)nc43)cc21. The Morgan fingerprint density at radius 1 is 1.00 bits per heavy atom. The summed E-state index contributed by atoms with van der Waals surface area (Å²) in [5, 5.41) is 0. The number of nitrogens with zero attached hydrogens (tertiary/aromatic N) is 4. The van der Waals surface area contributed by atoms with Gasteiger partial charge in [-0.2, -0.15) is 0 Å². The number of hydrogen-bond acceptors (Lipinski definition) is 4. The van der Waals surface area contributed by atoms with Crippen molar-refractivity contribution in [1.82, 2.24) is 19.5 Å². The molecule has 0 saturated carbocycles. The average Bonchev–Trinajstić information content (AvgIpc) is 3.40. The van der Waals surface area contributed by atoms with E-state index in [-0.39, 0.29) is 11.3 Å². The Bertz CT molecular complexity index is 1530. The van der Waals surface area contributed by atoms with Crippen molar-refractivity contribution in [3.05, 3.63) is 89.3 Å². The van der Waals surface area contributed by atoms with Gasteiger partial charge in [-0.05, 0) is 62.6 Å². The topological polar surface area (TPSA) is 52.8 Å². The number of halogens is 3. The van der Waals surface area contributed by atoms with Crippen molar-refractivity contribution in [1.29, 1.82) is 0 Å². The normalized spacial score (nSPS) is 13.3. The zero-order chi connectivity index (χ0) is 24.8. The van der Waals surface area contributed by atoms with Gasteiger partial charge >= 0.3 is 6.36 Å². The van der Waals surface area contributed by atoms with Crippen LogP contribution in [0.4, 0.5) is 13.2 Å². The minimum absolute atomic E-state index is 0.111. The summed E-state index contributed by atoms with van der Waals surface area (Å²) in [7, 11) is 0. The van der Waals surface area contributed by atoms with Gasteiger partial charge in [0.05, 0.1) is 34.9 Å². The number of aromatic nitrogens is 4. The first-order valence-electron chi connectivity index (χ1n) is 11.0. The molecule has 0 radical (unpaired) electrons. The summed E-state index contributed by atoms with van der Waals surface area (Å²) in [5.41, 5.74) is 6.26. The Hall–Kier alpha value is -4.12. The van der Waals surface area contributed by atoms with E-state index in [1.807, 2.05) is 18.5 Å². The zero-order valence-corrected chi connectivity index (χ0v) is 19.3. The zero-order valence-electron chi connectivity index (χ0n) is 19.3. The molecule has 0 saturated heterocycles. The Kier molecular flexibility index (Phi) is 5.36. The van der Waals surface area contributed by atoms with Gasteiger partial charge in [-0.15, -0.1) is 13.2 Å². The second kappa shape index (κ2) is 8.27. The lowest BCUT2D eigenvalue weighted by atomic mass is 10.0. The number of allylic oxidation sites excluding steroid dienone is 1. The second-order valence-electron chi connectivity index (χ2n) is 9.19. The Balaban J connectivity index is 1.46. The monoisotopic (exact) mass is 474 g/mol. The van der Waals surface area contributed by atoms with Gasteiger partial charge in [0, 0.05) is 23.1 Å². The van der Waals surface area contributed by atoms with Crippen molar-refractivity contribution in [2.75, 3.05) is 0 Å². The lowest BCUT2D eigenvalue weighted by Crippen LogP contribution is -2.20. The molecule has 2 aromatic heterocycles. The fourth-order valence-corrected chi connectivity index (χ4v) is 4.01. The fourth-order valence-electron chi connectivity index (χ4n) is 4.01. The summed E-state index contributed by atoms with van der Waals surface area (Å²) >= 11 is 0. The lowest BCUT2D eigenvalue weighted by molar-refractivity contribution is -0.274. The number of ether oxygens (including phenoxy) is 1. The van der Waals surface area contributed by atoms with Gasteiger partial charge in [-0.3, -0.25) is 4.98 Å². The van der Waals surface area contributed by atoms with Crippen molar-refractivity contribution < 1.29 is 17.9 Å². The van der Waals surface area contributed by atoms with Crippen molar-refractivity contribution in [3.8, 4) is 17.6 Å². The summed E-state index contributed by atoms with van der Waals surface area (Å²) in [6.07, 6.45) is 1.44. The average molecular weight is 474 g/mol. The molecule has 0 N–H and O–H groups in total. The van der Waals surface area contributed by atoms with E-state index in [0.717, 1.165) is 33.6 Å². The molecule has 1 aliphatic rings. The minimum Gasteiger partial charge on any atom is -0.406 e. The third-order valence-electron chi connectivity index (χ3n) is 5.59. The molecule has 1 aliphatic carbocycles. The molecule has 35 heavy (non-hydrogen) atoms. The van der Waals surface area contributed by atoms with E-state index in [0.29, 0.717) is 17.7 Å². The molecule has 0 fully saturated rings. The molecular formula is C27H21F3N4O. The predicted molar refractivity (Wildman–Crippen MR) is 127 cm³/mol. The predicted octanol–water partition coefficient (Wildman–Crippen LogP) is 5.87. The van der Waals surface area contributed by atoms with Crippen LogP contribution in [0.1, 0.15) is 49.0 Å². The van der Waals surface area contributed by atoms with Gasteiger partial charge < -0.3 is 9.30 Å². The molecule has 0 amide bonds. The van der Waals surface area contributed by atoms with E-state index in [1.165, 1.54) is 18.2 Å². The Labute approximate surface area is 200 Å². The number of imidazole rings is 1. The van der Waals surface area contributed by atoms with E-state index in [1.54, 1.807) is 12.3 Å². The highest BCUT2D eigenvalue weighted by Crippen LogP contribution is 2.33. The Morgan fingerprint density at radius 3 is 2.60 bits per heavy atom. The maximum atomic E-state index is 12.5. The highest BCUT2D eigenvalue weighted by atomic mass is 19.4. The van der Waals surface area contributed by atoms with Crippen LogP contribution in [0.25, 0.3) is 16.6 Å². The first-order valence-corrected chi connectivity index (χ1v) is 11.0.